The third-order valence-electron chi connectivity index (χ3n) is 2.14. The van der Waals surface area contributed by atoms with Crippen LogP contribution >= 0.6 is 0 Å². The van der Waals surface area contributed by atoms with Gasteiger partial charge >= 0.3 is 0 Å². The van der Waals surface area contributed by atoms with Crippen LogP contribution in [-0.2, 0) is 15.9 Å². The number of hydrogen-bond donors (Lipinski definition) is 0. The fourth-order valence-corrected chi connectivity index (χ4v) is 1.39. The van der Waals surface area contributed by atoms with Crippen molar-refractivity contribution in [2.75, 3.05) is 13.2 Å². The summed E-state index contributed by atoms with van der Waals surface area (Å²) in [6.45, 7) is 7.35. The molecule has 0 amide bonds. The van der Waals surface area contributed by atoms with Crippen LogP contribution in [0.1, 0.15) is 25.0 Å². The Morgan fingerprint density at radius 3 is 2.33 bits per heavy atom. The summed E-state index contributed by atoms with van der Waals surface area (Å²) in [6, 6.07) is 9.33. The third kappa shape index (κ3) is 4.45. The van der Waals surface area contributed by atoms with E-state index in [4.69, 9.17) is 9.47 Å². The first kappa shape index (κ1) is 12.2. The molecule has 1 radical (unpaired) electrons. The minimum atomic E-state index is -0.129. The molecule has 0 aliphatic rings. The highest BCUT2D eigenvalue weighted by Gasteiger charge is 2.08. The molecule has 2 nitrogen and oxygen atoms in total. The molecular weight excluding hydrogens is 188 g/mol. The lowest BCUT2D eigenvalue weighted by Crippen LogP contribution is -2.20. The summed E-state index contributed by atoms with van der Waals surface area (Å²) in [5.74, 6) is 0. The van der Waals surface area contributed by atoms with Gasteiger partial charge in [0.1, 0.15) is 0 Å². The van der Waals surface area contributed by atoms with E-state index in [9.17, 15) is 0 Å². The molecule has 0 spiro atoms. The summed E-state index contributed by atoms with van der Waals surface area (Å²) in [7, 11) is 0. The van der Waals surface area contributed by atoms with Crippen molar-refractivity contribution in [1.29, 1.82) is 0 Å². The quantitative estimate of drug-likeness (QED) is 0.668. The van der Waals surface area contributed by atoms with Crippen LogP contribution in [0.4, 0.5) is 0 Å². The van der Waals surface area contributed by atoms with Crippen LogP contribution in [0.5, 0.6) is 0 Å². The SMILES string of the molecule is CCOC(Cc1c[c]c(C)cc1)OCC. The monoisotopic (exact) mass is 207 g/mol. The molecule has 0 unspecified atom stereocenters. The summed E-state index contributed by atoms with van der Waals surface area (Å²) >= 11 is 0. The van der Waals surface area contributed by atoms with Gasteiger partial charge in [-0.3, -0.25) is 0 Å². The van der Waals surface area contributed by atoms with Crippen molar-refractivity contribution in [3.63, 3.8) is 0 Å². The average molecular weight is 207 g/mol. The van der Waals surface area contributed by atoms with Crippen molar-refractivity contribution in [2.24, 2.45) is 0 Å². The van der Waals surface area contributed by atoms with E-state index in [2.05, 4.69) is 18.2 Å². The second-order valence-corrected chi connectivity index (χ2v) is 3.42. The zero-order chi connectivity index (χ0) is 11.1. The molecule has 0 atom stereocenters. The number of benzene rings is 1. The first-order chi connectivity index (χ1) is 7.26. The van der Waals surface area contributed by atoms with E-state index in [1.807, 2.05) is 26.8 Å². The van der Waals surface area contributed by atoms with E-state index in [0.717, 1.165) is 12.0 Å². The maximum atomic E-state index is 5.48. The molecule has 1 aromatic carbocycles. The minimum absolute atomic E-state index is 0.129. The minimum Gasteiger partial charge on any atom is -0.353 e. The summed E-state index contributed by atoms with van der Waals surface area (Å²) in [6.07, 6.45) is 0.662. The summed E-state index contributed by atoms with van der Waals surface area (Å²) in [4.78, 5) is 0. The average Bonchev–Trinajstić information content (AvgIpc) is 2.22. The van der Waals surface area contributed by atoms with Gasteiger partial charge in [-0.25, -0.2) is 0 Å². The van der Waals surface area contributed by atoms with Crippen LogP contribution < -0.4 is 0 Å². The predicted molar refractivity (Wildman–Crippen MR) is 60.8 cm³/mol. The van der Waals surface area contributed by atoms with Gasteiger partial charge in [-0.2, -0.15) is 0 Å². The molecule has 15 heavy (non-hydrogen) atoms. The molecule has 1 aromatic rings. The number of hydrogen-bond acceptors (Lipinski definition) is 2. The Morgan fingerprint density at radius 2 is 1.87 bits per heavy atom. The zero-order valence-corrected chi connectivity index (χ0v) is 9.75. The fraction of sp³-hybridized carbons (Fsp3) is 0.538. The molecule has 0 N–H and O–H groups in total. The lowest BCUT2D eigenvalue weighted by Gasteiger charge is -2.16. The Hall–Kier alpha value is -0.860. The Kier molecular flexibility index (Phi) is 5.37. The van der Waals surface area contributed by atoms with Crippen LogP contribution in [0.15, 0.2) is 18.2 Å². The van der Waals surface area contributed by atoms with Gasteiger partial charge in [-0.1, -0.05) is 18.2 Å². The van der Waals surface area contributed by atoms with Gasteiger partial charge in [0.15, 0.2) is 6.29 Å². The van der Waals surface area contributed by atoms with Crippen molar-refractivity contribution in [1.82, 2.24) is 0 Å². The molecule has 0 bridgehead atoms. The molecule has 0 saturated heterocycles. The number of rotatable bonds is 6. The second-order valence-electron chi connectivity index (χ2n) is 3.42. The Bertz CT molecular complexity index is 260. The topological polar surface area (TPSA) is 18.5 Å². The normalized spacial score (nSPS) is 10.9. The fourth-order valence-electron chi connectivity index (χ4n) is 1.39. The van der Waals surface area contributed by atoms with E-state index in [1.165, 1.54) is 5.56 Å². The highest BCUT2D eigenvalue weighted by molar-refractivity contribution is 5.20. The highest BCUT2D eigenvalue weighted by Crippen LogP contribution is 2.08. The van der Waals surface area contributed by atoms with Gasteiger partial charge in [0, 0.05) is 19.6 Å². The number of aryl methyl sites for hydroxylation is 1. The van der Waals surface area contributed by atoms with Crippen LogP contribution in [0.25, 0.3) is 0 Å². The molecule has 83 valence electrons. The first-order valence-electron chi connectivity index (χ1n) is 5.46. The maximum absolute atomic E-state index is 5.48. The van der Waals surface area contributed by atoms with Gasteiger partial charge in [0.25, 0.3) is 0 Å². The highest BCUT2D eigenvalue weighted by atomic mass is 16.7. The molecule has 0 heterocycles. The number of ether oxygens (including phenoxy) is 2. The van der Waals surface area contributed by atoms with Crippen molar-refractivity contribution in [3.05, 3.63) is 35.4 Å². The molecular formula is C13H19O2. The zero-order valence-electron chi connectivity index (χ0n) is 9.75. The molecule has 2 heteroatoms. The van der Waals surface area contributed by atoms with Gasteiger partial charge in [0.05, 0.1) is 0 Å². The Balaban J connectivity index is 2.53. The standard InChI is InChI=1S/C13H19O2/c1-4-14-13(15-5-2)10-12-8-6-11(3)7-9-12/h6,8-9,13H,4-5,10H2,1-3H3. The lowest BCUT2D eigenvalue weighted by atomic mass is 10.1. The van der Waals surface area contributed by atoms with Crippen molar-refractivity contribution in [3.8, 4) is 0 Å². The Morgan fingerprint density at radius 1 is 1.20 bits per heavy atom. The molecule has 0 fully saturated rings. The second kappa shape index (κ2) is 6.59. The first-order valence-corrected chi connectivity index (χ1v) is 5.46. The van der Waals surface area contributed by atoms with Gasteiger partial charge in [-0.05, 0) is 38.0 Å². The van der Waals surface area contributed by atoms with Gasteiger partial charge < -0.3 is 9.47 Å². The molecule has 0 aliphatic heterocycles. The van der Waals surface area contributed by atoms with Gasteiger partial charge in [-0.15, -0.1) is 0 Å². The van der Waals surface area contributed by atoms with E-state index >= 15 is 0 Å². The lowest BCUT2D eigenvalue weighted by molar-refractivity contribution is -0.134. The van der Waals surface area contributed by atoms with Gasteiger partial charge in [0.2, 0.25) is 0 Å². The third-order valence-corrected chi connectivity index (χ3v) is 2.14. The van der Waals surface area contributed by atoms with E-state index in [1.54, 1.807) is 0 Å². The summed E-state index contributed by atoms with van der Waals surface area (Å²) in [5, 5.41) is 0. The van der Waals surface area contributed by atoms with Crippen LogP contribution in [0, 0.1) is 13.0 Å². The summed E-state index contributed by atoms with van der Waals surface area (Å²) in [5.41, 5.74) is 2.36. The predicted octanol–water partition coefficient (Wildman–Crippen LogP) is 2.74. The smallest absolute Gasteiger partial charge is 0.161 e. The van der Waals surface area contributed by atoms with E-state index < -0.39 is 0 Å². The maximum Gasteiger partial charge on any atom is 0.161 e. The van der Waals surface area contributed by atoms with Crippen LogP contribution in [0.2, 0.25) is 0 Å². The summed E-state index contributed by atoms with van der Waals surface area (Å²) < 4.78 is 11.0. The molecule has 0 aromatic heterocycles. The molecule has 0 saturated carbocycles. The van der Waals surface area contributed by atoms with Crippen LogP contribution in [-0.4, -0.2) is 19.5 Å². The largest absolute Gasteiger partial charge is 0.353 e. The van der Waals surface area contributed by atoms with E-state index in [-0.39, 0.29) is 6.29 Å². The van der Waals surface area contributed by atoms with Crippen LogP contribution in [0.3, 0.4) is 0 Å². The van der Waals surface area contributed by atoms with Crippen molar-refractivity contribution >= 4 is 0 Å². The molecule has 1 rings (SSSR count). The van der Waals surface area contributed by atoms with Crippen molar-refractivity contribution in [2.45, 2.75) is 33.5 Å². The Labute approximate surface area is 92.2 Å². The van der Waals surface area contributed by atoms with E-state index in [0.29, 0.717) is 13.2 Å². The molecule has 0 aliphatic carbocycles. The van der Waals surface area contributed by atoms with Crippen molar-refractivity contribution < 1.29 is 9.47 Å².